The van der Waals surface area contributed by atoms with E-state index in [1.165, 1.54) is 0 Å². The number of hydrogen-bond donors (Lipinski definition) is 1. The van der Waals surface area contributed by atoms with Crippen molar-refractivity contribution in [2.75, 3.05) is 0 Å². The van der Waals surface area contributed by atoms with Crippen LogP contribution in [0.25, 0.3) is 34.1 Å². The molecule has 0 radical (unpaired) electrons. The number of furan rings is 1. The lowest BCUT2D eigenvalue weighted by Crippen LogP contribution is -1.78. The van der Waals surface area contributed by atoms with Crippen LogP contribution >= 0.6 is 0 Å². The maximum absolute atomic E-state index is 5.26. The minimum absolute atomic E-state index is 0.584. The van der Waals surface area contributed by atoms with E-state index in [0.717, 1.165) is 11.0 Å². The van der Waals surface area contributed by atoms with Crippen LogP contribution in [-0.4, -0.2) is 15.1 Å². The van der Waals surface area contributed by atoms with Gasteiger partial charge < -0.3 is 13.9 Å². The number of rotatable bonds is 2. The second kappa shape index (κ2) is 3.84. The third kappa shape index (κ3) is 1.63. The van der Waals surface area contributed by atoms with Crippen molar-refractivity contribution >= 4 is 11.0 Å². The second-order valence-electron chi connectivity index (χ2n) is 4.16. The number of nitrogens with one attached hydrogen (secondary N) is 1. The molecule has 0 unspecified atom stereocenters. The molecule has 5 nitrogen and oxygen atoms in total. The number of hydrogen-bond acceptors (Lipinski definition) is 4. The average molecular weight is 251 g/mol. The lowest BCUT2D eigenvalue weighted by Gasteiger charge is -1.84. The van der Waals surface area contributed by atoms with Gasteiger partial charge in [-0.25, -0.2) is 4.98 Å². The molecule has 4 aromatic rings. The van der Waals surface area contributed by atoms with Crippen molar-refractivity contribution in [2.45, 2.75) is 0 Å². The maximum Gasteiger partial charge on any atom is 0.202 e. The largest absolute Gasteiger partial charge is 0.461 e. The van der Waals surface area contributed by atoms with E-state index in [1.807, 2.05) is 30.3 Å². The summed E-state index contributed by atoms with van der Waals surface area (Å²) >= 11 is 0. The molecule has 0 saturated heterocycles. The fourth-order valence-electron chi connectivity index (χ4n) is 2.00. The van der Waals surface area contributed by atoms with Crippen LogP contribution in [0.5, 0.6) is 0 Å². The molecule has 3 aromatic heterocycles. The fraction of sp³-hybridized carbons (Fsp3) is 0. The van der Waals surface area contributed by atoms with Gasteiger partial charge in [0.15, 0.2) is 11.6 Å². The molecule has 3 heterocycles. The van der Waals surface area contributed by atoms with E-state index in [9.17, 15) is 0 Å². The van der Waals surface area contributed by atoms with Gasteiger partial charge in [-0.05, 0) is 24.3 Å². The number of aromatic nitrogens is 3. The topological polar surface area (TPSA) is 67.8 Å². The zero-order chi connectivity index (χ0) is 12.7. The Kier molecular flexibility index (Phi) is 2.05. The summed E-state index contributed by atoms with van der Waals surface area (Å²) < 4.78 is 10.5. The Balaban J connectivity index is 1.80. The highest BCUT2D eigenvalue weighted by atomic mass is 16.5. The molecular formula is C14H9N3O2. The summed E-state index contributed by atoms with van der Waals surface area (Å²) in [5.41, 5.74) is 2.53. The van der Waals surface area contributed by atoms with Crippen LogP contribution in [0.2, 0.25) is 0 Å². The summed E-state index contributed by atoms with van der Waals surface area (Å²) in [6.07, 6.45) is 1.60. The van der Waals surface area contributed by atoms with Crippen molar-refractivity contribution in [3.8, 4) is 23.0 Å². The van der Waals surface area contributed by atoms with Crippen molar-refractivity contribution in [3.05, 3.63) is 48.7 Å². The van der Waals surface area contributed by atoms with Gasteiger partial charge >= 0.3 is 0 Å². The van der Waals surface area contributed by atoms with Crippen molar-refractivity contribution in [2.24, 2.45) is 0 Å². The Labute approximate surface area is 107 Å². The van der Waals surface area contributed by atoms with Crippen molar-refractivity contribution in [1.82, 2.24) is 15.1 Å². The van der Waals surface area contributed by atoms with E-state index in [0.29, 0.717) is 23.0 Å². The number of benzene rings is 1. The third-order valence-corrected chi connectivity index (χ3v) is 2.91. The van der Waals surface area contributed by atoms with Crippen LogP contribution < -0.4 is 0 Å². The standard InChI is InChI=1S/C14H9N3O2/c1-2-5-10-9(4-1)15-14(16-10)11-8-13(19-17-11)12-6-3-7-18-12/h1-8H,(H,15,16). The summed E-state index contributed by atoms with van der Waals surface area (Å²) in [6.45, 7) is 0. The summed E-state index contributed by atoms with van der Waals surface area (Å²) in [5, 5.41) is 4.01. The lowest BCUT2D eigenvalue weighted by atomic mass is 10.3. The van der Waals surface area contributed by atoms with Crippen LogP contribution in [0.15, 0.2) is 57.7 Å². The minimum atomic E-state index is 0.584. The van der Waals surface area contributed by atoms with Crippen LogP contribution in [0.4, 0.5) is 0 Å². The molecule has 0 fully saturated rings. The molecule has 92 valence electrons. The molecule has 4 rings (SSSR count). The molecule has 1 aromatic carbocycles. The Bertz CT molecular complexity index is 794. The zero-order valence-corrected chi connectivity index (χ0v) is 9.83. The van der Waals surface area contributed by atoms with Crippen molar-refractivity contribution in [3.63, 3.8) is 0 Å². The monoisotopic (exact) mass is 251 g/mol. The number of imidazole rings is 1. The summed E-state index contributed by atoms with van der Waals surface area (Å²) in [5.74, 6) is 1.91. The van der Waals surface area contributed by atoms with Gasteiger partial charge in [-0.3, -0.25) is 0 Å². The molecule has 0 saturated carbocycles. The van der Waals surface area contributed by atoms with E-state index in [2.05, 4.69) is 15.1 Å². The van der Waals surface area contributed by atoms with Gasteiger partial charge in [0.25, 0.3) is 0 Å². The van der Waals surface area contributed by atoms with Gasteiger partial charge in [0.2, 0.25) is 5.76 Å². The lowest BCUT2D eigenvalue weighted by molar-refractivity contribution is 0.420. The predicted molar refractivity (Wildman–Crippen MR) is 69.3 cm³/mol. The first-order valence-corrected chi connectivity index (χ1v) is 5.86. The Morgan fingerprint density at radius 1 is 1.00 bits per heavy atom. The zero-order valence-electron chi connectivity index (χ0n) is 9.83. The van der Waals surface area contributed by atoms with Crippen molar-refractivity contribution in [1.29, 1.82) is 0 Å². The van der Waals surface area contributed by atoms with E-state index >= 15 is 0 Å². The van der Waals surface area contributed by atoms with E-state index < -0.39 is 0 Å². The number of para-hydroxylation sites is 2. The van der Waals surface area contributed by atoms with Gasteiger partial charge in [0.1, 0.15) is 5.69 Å². The predicted octanol–water partition coefficient (Wildman–Crippen LogP) is 3.48. The molecule has 0 atom stereocenters. The minimum Gasteiger partial charge on any atom is -0.461 e. The van der Waals surface area contributed by atoms with Gasteiger partial charge in [-0.2, -0.15) is 0 Å². The number of aromatic amines is 1. The number of fused-ring (bicyclic) bond motifs is 1. The van der Waals surface area contributed by atoms with E-state index in [-0.39, 0.29) is 0 Å². The summed E-state index contributed by atoms with van der Waals surface area (Å²) in [6, 6.07) is 13.3. The van der Waals surface area contributed by atoms with Gasteiger partial charge in [0, 0.05) is 6.07 Å². The Morgan fingerprint density at radius 3 is 2.79 bits per heavy atom. The first kappa shape index (κ1) is 10.1. The summed E-state index contributed by atoms with van der Waals surface area (Å²) in [4.78, 5) is 7.68. The van der Waals surface area contributed by atoms with Crippen LogP contribution in [0.3, 0.4) is 0 Å². The number of nitrogens with zero attached hydrogens (tertiary/aromatic N) is 2. The van der Waals surface area contributed by atoms with Crippen molar-refractivity contribution < 1.29 is 8.94 Å². The highest BCUT2D eigenvalue weighted by Gasteiger charge is 2.13. The van der Waals surface area contributed by atoms with Gasteiger partial charge in [-0.1, -0.05) is 17.3 Å². The molecule has 5 heteroatoms. The molecule has 0 bridgehead atoms. The molecule has 1 N–H and O–H groups in total. The Hall–Kier alpha value is -2.82. The Morgan fingerprint density at radius 2 is 1.95 bits per heavy atom. The molecular weight excluding hydrogens is 242 g/mol. The molecule has 0 aliphatic heterocycles. The fourth-order valence-corrected chi connectivity index (χ4v) is 2.00. The smallest absolute Gasteiger partial charge is 0.202 e. The SMILES string of the molecule is c1coc(-c2cc(-c3nc4ccccc4[nH]3)no2)c1. The number of H-pyrrole nitrogens is 1. The highest BCUT2D eigenvalue weighted by Crippen LogP contribution is 2.25. The third-order valence-electron chi connectivity index (χ3n) is 2.91. The summed E-state index contributed by atoms with van der Waals surface area (Å²) in [7, 11) is 0. The molecule has 0 amide bonds. The van der Waals surface area contributed by atoms with Crippen LogP contribution in [0, 0.1) is 0 Å². The van der Waals surface area contributed by atoms with Gasteiger partial charge in [0.05, 0.1) is 17.3 Å². The quantitative estimate of drug-likeness (QED) is 0.592. The van der Waals surface area contributed by atoms with Gasteiger partial charge in [-0.15, -0.1) is 0 Å². The first-order valence-electron chi connectivity index (χ1n) is 5.86. The molecule has 19 heavy (non-hydrogen) atoms. The first-order chi connectivity index (χ1) is 9.40. The second-order valence-corrected chi connectivity index (χ2v) is 4.16. The highest BCUT2D eigenvalue weighted by molar-refractivity contribution is 5.78. The van der Waals surface area contributed by atoms with Crippen LogP contribution in [-0.2, 0) is 0 Å². The molecule has 0 aliphatic carbocycles. The molecule has 0 spiro atoms. The van der Waals surface area contributed by atoms with E-state index in [1.54, 1.807) is 18.4 Å². The van der Waals surface area contributed by atoms with Crippen LogP contribution in [0.1, 0.15) is 0 Å². The normalized spacial score (nSPS) is 11.2. The maximum atomic E-state index is 5.26. The molecule has 0 aliphatic rings. The van der Waals surface area contributed by atoms with E-state index in [4.69, 9.17) is 8.94 Å². The average Bonchev–Trinajstić information content (AvgIpc) is 3.17.